The van der Waals surface area contributed by atoms with Crippen LogP contribution in [0.4, 0.5) is 0 Å². The van der Waals surface area contributed by atoms with E-state index in [2.05, 4.69) is 33.0 Å². The quantitative estimate of drug-likeness (QED) is 0.652. The number of hydrogen-bond acceptors (Lipinski definition) is 4. The van der Waals surface area contributed by atoms with Crippen LogP contribution in [0.5, 0.6) is 0 Å². The topological polar surface area (TPSA) is 41.9 Å². The number of aliphatic hydroxyl groups excluding tert-OH is 1. The fourth-order valence-corrected chi connectivity index (χ4v) is 2.43. The molecule has 1 rings (SSSR count). The van der Waals surface area contributed by atoms with E-state index >= 15 is 0 Å². The summed E-state index contributed by atoms with van der Waals surface area (Å²) in [5.41, 5.74) is 1.21. The Morgan fingerprint density at radius 1 is 1.29 bits per heavy atom. The highest BCUT2D eigenvalue weighted by atomic mass is 79.9. The number of rotatable bonds is 10. The van der Waals surface area contributed by atoms with Crippen molar-refractivity contribution in [2.75, 3.05) is 33.4 Å². The highest BCUT2D eigenvalue weighted by molar-refractivity contribution is 9.10. The molecule has 0 aliphatic heterocycles. The van der Waals surface area contributed by atoms with Gasteiger partial charge in [-0.15, -0.1) is 0 Å². The SMILES string of the molecule is CC(C)OCCOCC(O)CN(C)Cc1cccc(Br)c1. The van der Waals surface area contributed by atoms with Gasteiger partial charge in [-0.1, -0.05) is 28.1 Å². The smallest absolute Gasteiger partial charge is 0.0900 e. The molecule has 0 saturated carbocycles. The molecule has 0 bridgehead atoms. The predicted molar refractivity (Wildman–Crippen MR) is 88.4 cm³/mol. The third kappa shape index (κ3) is 9.22. The minimum absolute atomic E-state index is 0.217. The Labute approximate surface area is 136 Å². The molecule has 0 heterocycles. The first-order valence-corrected chi connectivity index (χ1v) is 8.07. The minimum atomic E-state index is -0.485. The van der Waals surface area contributed by atoms with Gasteiger partial charge in [-0.25, -0.2) is 0 Å². The second kappa shape index (κ2) is 10.3. The fraction of sp³-hybridized carbons (Fsp3) is 0.625. The molecule has 1 atom stereocenters. The fourth-order valence-electron chi connectivity index (χ4n) is 1.99. The van der Waals surface area contributed by atoms with Crippen molar-refractivity contribution in [3.63, 3.8) is 0 Å². The number of ether oxygens (including phenoxy) is 2. The average molecular weight is 360 g/mol. The van der Waals surface area contributed by atoms with E-state index in [1.54, 1.807) is 0 Å². The van der Waals surface area contributed by atoms with Gasteiger partial charge in [0.15, 0.2) is 0 Å². The van der Waals surface area contributed by atoms with Gasteiger partial charge in [0.05, 0.1) is 32.0 Å². The molecule has 0 spiro atoms. The van der Waals surface area contributed by atoms with Crippen LogP contribution in [0.2, 0.25) is 0 Å². The maximum atomic E-state index is 9.94. The molecule has 0 radical (unpaired) electrons. The van der Waals surface area contributed by atoms with E-state index in [9.17, 15) is 5.11 Å². The lowest BCUT2D eigenvalue weighted by Gasteiger charge is -2.20. The number of aliphatic hydroxyl groups is 1. The van der Waals surface area contributed by atoms with E-state index in [-0.39, 0.29) is 6.10 Å². The lowest BCUT2D eigenvalue weighted by atomic mass is 10.2. The summed E-state index contributed by atoms with van der Waals surface area (Å²) in [4.78, 5) is 2.08. The third-order valence-electron chi connectivity index (χ3n) is 2.85. The molecule has 1 aromatic rings. The first-order chi connectivity index (χ1) is 9.97. The van der Waals surface area contributed by atoms with Crippen LogP contribution in [-0.2, 0) is 16.0 Å². The van der Waals surface area contributed by atoms with E-state index in [4.69, 9.17) is 9.47 Å². The van der Waals surface area contributed by atoms with Gasteiger partial charge in [0.2, 0.25) is 0 Å². The number of benzene rings is 1. The molecule has 5 heteroatoms. The van der Waals surface area contributed by atoms with Crippen molar-refractivity contribution in [1.82, 2.24) is 4.90 Å². The molecule has 0 saturated heterocycles. The van der Waals surface area contributed by atoms with Crippen LogP contribution in [-0.4, -0.2) is 55.6 Å². The summed E-state index contributed by atoms with van der Waals surface area (Å²) in [6.45, 7) is 6.79. The van der Waals surface area contributed by atoms with Crippen LogP contribution in [0.15, 0.2) is 28.7 Å². The molecule has 4 nitrogen and oxygen atoms in total. The van der Waals surface area contributed by atoms with Crippen LogP contribution < -0.4 is 0 Å². The first kappa shape index (κ1) is 18.6. The van der Waals surface area contributed by atoms with Gasteiger partial charge in [-0.05, 0) is 38.6 Å². The minimum Gasteiger partial charge on any atom is -0.389 e. The van der Waals surface area contributed by atoms with Crippen molar-refractivity contribution in [2.45, 2.75) is 32.6 Å². The molecule has 21 heavy (non-hydrogen) atoms. The van der Waals surface area contributed by atoms with Crippen LogP contribution >= 0.6 is 15.9 Å². The Balaban J connectivity index is 2.17. The summed E-state index contributed by atoms with van der Waals surface area (Å²) >= 11 is 3.46. The van der Waals surface area contributed by atoms with Crippen molar-refractivity contribution in [1.29, 1.82) is 0 Å². The van der Waals surface area contributed by atoms with Crippen molar-refractivity contribution in [2.24, 2.45) is 0 Å². The Kier molecular flexibility index (Phi) is 9.11. The van der Waals surface area contributed by atoms with Gasteiger partial charge in [-0.2, -0.15) is 0 Å². The summed E-state index contributed by atoms with van der Waals surface area (Å²) in [5.74, 6) is 0. The normalized spacial score (nSPS) is 13.1. The highest BCUT2D eigenvalue weighted by Crippen LogP contribution is 2.13. The highest BCUT2D eigenvalue weighted by Gasteiger charge is 2.09. The monoisotopic (exact) mass is 359 g/mol. The van der Waals surface area contributed by atoms with Crippen LogP contribution in [0.25, 0.3) is 0 Å². The van der Waals surface area contributed by atoms with Crippen LogP contribution in [0.3, 0.4) is 0 Å². The molecule has 0 aliphatic carbocycles. The van der Waals surface area contributed by atoms with E-state index in [1.165, 1.54) is 5.56 Å². The van der Waals surface area contributed by atoms with E-state index in [1.807, 2.05) is 33.0 Å². The Bertz CT molecular complexity index is 401. The number of nitrogens with zero attached hydrogens (tertiary/aromatic N) is 1. The van der Waals surface area contributed by atoms with Crippen LogP contribution in [0, 0.1) is 0 Å². The maximum absolute atomic E-state index is 9.94. The van der Waals surface area contributed by atoms with Crippen molar-refractivity contribution >= 4 is 15.9 Å². The molecule has 0 aliphatic rings. The molecule has 0 aromatic heterocycles. The summed E-state index contributed by atoms with van der Waals surface area (Å²) in [5, 5.41) is 9.94. The van der Waals surface area contributed by atoms with Gasteiger partial charge in [-0.3, -0.25) is 4.90 Å². The van der Waals surface area contributed by atoms with Gasteiger partial charge >= 0.3 is 0 Å². The molecule has 0 amide bonds. The second-order valence-electron chi connectivity index (χ2n) is 5.47. The molecule has 0 fully saturated rings. The largest absolute Gasteiger partial charge is 0.389 e. The Hall–Kier alpha value is -0.460. The molecule has 1 unspecified atom stereocenters. The van der Waals surface area contributed by atoms with Gasteiger partial charge < -0.3 is 14.6 Å². The summed E-state index contributed by atoms with van der Waals surface area (Å²) in [6, 6.07) is 8.18. The average Bonchev–Trinajstić information content (AvgIpc) is 2.37. The number of hydrogen-bond donors (Lipinski definition) is 1. The molecular weight excluding hydrogens is 334 g/mol. The number of halogens is 1. The maximum Gasteiger partial charge on any atom is 0.0900 e. The zero-order chi connectivity index (χ0) is 15.7. The summed E-state index contributed by atoms with van der Waals surface area (Å²) < 4.78 is 11.9. The van der Waals surface area contributed by atoms with E-state index in [0.29, 0.717) is 26.4 Å². The second-order valence-corrected chi connectivity index (χ2v) is 6.39. The van der Waals surface area contributed by atoms with Crippen molar-refractivity contribution in [3.05, 3.63) is 34.3 Å². The number of likely N-dealkylation sites (N-methyl/N-ethyl adjacent to an activating group) is 1. The van der Waals surface area contributed by atoms with Crippen LogP contribution in [0.1, 0.15) is 19.4 Å². The Morgan fingerprint density at radius 3 is 2.71 bits per heavy atom. The lowest BCUT2D eigenvalue weighted by molar-refractivity contribution is -0.0174. The standard InChI is InChI=1S/C16H26BrNO3/c1-13(2)21-8-7-20-12-16(19)11-18(3)10-14-5-4-6-15(17)9-14/h4-6,9,13,16,19H,7-8,10-12H2,1-3H3. The molecule has 1 aromatic carbocycles. The third-order valence-corrected chi connectivity index (χ3v) is 3.35. The first-order valence-electron chi connectivity index (χ1n) is 7.27. The molecule has 1 N–H and O–H groups in total. The van der Waals surface area contributed by atoms with Crippen molar-refractivity contribution in [3.8, 4) is 0 Å². The molecule has 120 valence electrons. The van der Waals surface area contributed by atoms with Gasteiger partial charge in [0.25, 0.3) is 0 Å². The van der Waals surface area contributed by atoms with Crippen molar-refractivity contribution < 1.29 is 14.6 Å². The lowest BCUT2D eigenvalue weighted by Crippen LogP contribution is -2.32. The molecular formula is C16H26BrNO3. The van der Waals surface area contributed by atoms with Gasteiger partial charge in [0, 0.05) is 17.6 Å². The van der Waals surface area contributed by atoms with E-state index in [0.717, 1.165) is 11.0 Å². The predicted octanol–water partition coefficient (Wildman–Crippen LogP) is 2.68. The Morgan fingerprint density at radius 2 is 2.05 bits per heavy atom. The summed E-state index contributed by atoms with van der Waals surface area (Å²) in [6.07, 6.45) is -0.268. The summed E-state index contributed by atoms with van der Waals surface area (Å²) in [7, 11) is 1.99. The zero-order valence-electron chi connectivity index (χ0n) is 13.1. The zero-order valence-corrected chi connectivity index (χ0v) is 14.7. The van der Waals surface area contributed by atoms with Gasteiger partial charge in [0.1, 0.15) is 0 Å². The van der Waals surface area contributed by atoms with E-state index < -0.39 is 6.10 Å².